The summed E-state index contributed by atoms with van der Waals surface area (Å²) in [5, 5.41) is 22.1. The molecule has 0 atom stereocenters. The van der Waals surface area contributed by atoms with Gasteiger partial charge in [-0.15, -0.1) is 21.5 Å². The van der Waals surface area contributed by atoms with Crippen LogP contribution in [0.5, 0.6) is 5.75 Å². The Labute approximate surface area is 156 Å². The number of ether oxygens (including phenoxy) is 1. The third-order valence-corrected chi connectivity index (χ3v) is 6.02. The molecule has 0 saturated carbocycles. The molecule has 0 spiro atoms. The van der Waals surface area contributed by atoms with Crippen molar-refractivity contribution in [1.82, 2.24) is 10.2 Å². The zero-order valence-corrected chi connectivity index (χ0v) is 15.3. The summed E-state index contributed by atoms with van der Waals surface area (Å²) in [5.41, 5.74) is 0.387. The fourth-order valence-electron chi connectivity index (χ4n) is 1.83. The molecule has 6 nitrogen and oxygen atoms in total. The summed E-state index contributed by atoms with van der Waals surface area (Å²) in [6, 6.07) is 12.9. The number of carbonyl (C=O) groups excluding carboxylic acids is 1. The summed E-state index contributed by atoms with van der Waals surface area (Å²) >= 11 is 4.59. The van der Waals surface area contributed by atoms with Gasteiger partial charge in [0, 0.05) is 10.6 Å². The summed E-state index contributed by atoms with van der Waals surface area (Å²) < 4.78 is 6.17. The van der Waals surface area contributed by atoms with Crippen molar-refractivity contribution in [2.24, 2.45) is 0 Å². The largest absolute Gasteiger partial charge is 0.482 e. The van der Waals surface area contributed by atoms with Crippen LogP contribution < -0.4 is 10.1 Å². The Morgan fingerprint density at radius 2 is 2.16 bits per heavy atom. The van der Waals surface area contributed by atoms with Gasteiger partial charge in [0.1, 0.15) is 11.8 Å². The molecule has 1 amide bonds. The highest BCUT2D eigenvalue weighted by Crippen LogP contribution is 2.29. The summed E-state index contributed by atoms with van der Waals surface area (Å²) in [7, 11) is 0. The first-order valence-electron chi connectivity index (χ1n) is 7.15. The molecular formula is C16H12N4O2S3. The molecule has 0 aliphatic carbocycles. The summed E-state index contributed by atoms with van der Waals surface area (Å²) in [6.45, 7) is -0.198. The van der Waals surface area contributed by atoms with Gasteiger partial charge in [-0.3, -0.25) is 10.1 Å². The molecule has 0 fully saturated rings. The van der Waals surface area contributed by atoms with Crippen LogP contribution >= 0.6 is 34.4 Å². The number of hydrogen-bond acceptors (Lipinski definition) is 8. The third-order valence-electron chi connectivity index (χ3n) is 2.94. The van der Waals surface area contributed by atoms with E-state index in [1.54, 1.807) is 47.4 Å². The molecule has 25 heavy (non-hydrogen) atoms. The van der Waals surface area contributed by atoms with Crippen molar-refractivity contribution in [2.75, 3.05) is 11.9 Å². The summed E-state index contributed by atoms with van der Waals surface area (Å²) in [5.74, 6) is 0.859. The Bertz CT molecular complexity index is 887. The lowest BCUT2D eigenvalue weighted by atomic mass is 10.2. The molecule has 3 aromatic rings. The molecule has 0 saturated heterocycles. The molecule has 9 heteroatoms. The maximum Gasteiger partial charge on any atom is 0.264 e. The average Bonchev–Trinajstić information content (AvgIpc) is 3.30. The fourth-order valence-corrected chi connectivity index (χ4v) is 4.37. The Kier molecular flexibility index (Phi) is 6.00. The van der Waals surface area contributed by atoms with Gasteiger partial charge in [0.05, 0.1) is 5.56 Å². The van der Waals surface area contributed by atoms with Gasteiger partial charge in [-0.05, 0) is 23.6 Å². The van der Waals surface area contributed by atoms with Crippen LogP contribution in [-0.2, 0) is 10.5 Å². The standard InChI is InChI=1S/C16H12N4O2S3/c17-8-11-4-1-2-6-13(11)22-9-14(21)18-15-19-20-16(25-15)24-10-12-5-3-7-23-12/h1-7H,9-10H2,(H,18,19,21). The van der Waals surface area contributed by atoms with Crippen molar-refractivity contribution in [1.29, 1.82) is 5.26 Å². The molecule has 0 aliphatic heterocycles. The Morgan fingerprint density at radius 3 is 2.96 bits per heavy atom. The molecule has 1 N–H and O–H groups in total. The van der Waals surface area contributed by atoms with Gasteiger partial charge < -0.3 is 4.74 Å². The van der Waals surface area contributed by atoms with E-state index in [0.717, 1.165) is 10.1 Å². The predicted molar refractivity (Wildman–Crippen MR) is 99.1 cm³/mol. The van der Waals surface area contributed by atoms with Crippen LogP contribution in [0, 0.1) is 11.3 Å². The number of anilines is 1. The minimum atomic E-state index is -0.348. The van der Waals surface area contributed by atoms with Gasteiger partial charge in [0.2, 0.25) is 5.13 Å². The van der Waals surface area contributed by atoms with Gasteiger partial charge >= 0.3 is 0 Å². The number of hydrogen-bond donors (Lipinski definition) is 1. The lowest BCUT2D eigenvalue weighted by Gasteiger charge is -2.06. The van der Waals surface area contributed by atoms with Crippen molar-refractivity contribution in [3.63, 3.8) is 0 Å². The molecule has 126 valence electrons. The quantitative estimate of drug-likeness (QED) is 0.489. The van der Waals surface area contributed by atoms with E-state index in [2.05, 4.69) is 21.6 Å². The predicted octanol–water partition coefficient (Wildman–Crippen LogP) is 3.78. The number of amides is 1. The molecule has 2 aromatic heterocycles. The van der Waals surface area contributed by atoms with Crippen molar-refractivity contribution in [2.45, 2.75) is 10.1 Å². The van der Waals surface area contributed by atoms with Crippen LogP contribution in [0.4, 0.5) is 5.13 Å². The lowest BCUT2D eigenvalue weighted by Crippen LogP contribution is -2.20. The number of thioether (sulfide) groups is 1. The second kappa shape index (κ2) is 8.62. The smallest absolute Gasteiger partial charge is 0.264 e. The molecular weight excluding hydrogens is 376 g/mol. The van der Waals surface area contributed by atoms with Crippen LogP contribution in [0.25, 0.3) is 0 Å². The van der Waals surface area contributed by atoms with E-state index in [1.807, 2.05) is 17.5 Å². The normalized spacial score (nSPS) is 10.2. The Morgan fingerprint density at radius 1 is 1.28 bits per heavy atom. The van der Waals surface area contributed by atoms with Gasteiger partial charge in [-0.1, -0.05) is 41.3 Å². The van der Waals surface area contributed by atoms with E-state index >= 15 is 0 Å². The minimum Gasteiger partial charge on any atom is -0.482 e. The van der Waals surface area contributed by atoms with Crippen molar-refractivity contribution < 1.29 is 9.53 Å². The van der Waals surface area contributed by atoms with Crippen molar-refractivity contribution in [3.8, 4) is 11.8 Å². The number of rotatable bonds is 7. The number of para-hydroxylation sites is 1. The number of nitriles is 1. The summed E-state index contributed by atoms with van der Waals surface area (Å²) in [4.78, 5) is 13.2. The topological polar surface area (TPSA) is 87.9 Å². The molecule has 0 unspecified atom stereocenters. The Hall–Kier alpha value is -2.41. The molecule has 0 radical (unpaired) electrons. The lowest BCUT2D eigenvalue weighted by molar-refractivity contribution is -0.118. The van der Waals surface area contributed by atoms with Gasteiger partial charge in [0.25, 0.3) is 5.91 Å². The number of benzene rings is 1. The van der Waals surface area contributed by atoms with E-state index in [9.17, 15) is 4.79 Å². The second-order valence-electron chi connectivity index (χ2n) is 4.69. The van der Waals surface area contributed by atoms with Crippen molar-refractivity contribution >= 4 is 45.5 Å². The number of nitrogens with zero attached hydrogens (tertiary/aromatic N) is 3. The van der Waals surface area contributed by atoms with E-state index in [-0.39, 0.29) is 12.5 Å². The second-order valence-corrected chi connectivity index (χ2v) is 7.92. The summed E-state index contributed by atoms with van der Waals surface area (Å²) in [6.07, 6.45) is 0. The number of nitrogens with one attached hydrogen (secondary N) is 1. The molecule has 1 aromatic carbocycles. The highest BCUT2D eigenvalue weighted by molar-refractivity contribution is 8.00. The first-order chi connectivity index (χ1) is 12.2. The zero-order chi connectivity index (χ0) is 17.5. The molecule has 0 aliphatic rings. The highest BCUT2D eigenvalue weighted by Gasteiger charge is 2.11. The van der Waals surface area contributed by atoms with E-state index < -0.39 is 0 Å². The monoisotopic (exact) mass is 388 g/mol. The molecule has 2 heterocycles. The van der Waals surface area contributed by atoms with Crippen molar-refractivity contribution in [3.05, 3.63) is 52.2 Å². The van der Waals surface area contributed by atoms with Crippen LogP contribution in [-0.4, -0.2) is 22.7 Å². The van der Waals surface area contributed by atoms with Crippen LogP contribution in [0.2, 0.25) is 0 Å². The van der Waals surface area contributed by atoms with Crippen LogP contribution in [0.3, 0.4) is 0 Å². The third kappa shape index (κ3) is 5.03. The SMILES string of the molecule is N#Cc1ccccc1OCC(=O)Nc1nnc(SCc2cccs2)s1. The average molecular weight is 388 g/mol. The van der Waals surface area contributed by atoms with E-state index in [1.165, 1.54) is 16.2 Å². The number of aromatic nitrogens is 2. The van der Waals surface area contributed by atoms with Crippen LogP contribution in [0.15, 0.2) is 46.1 Å². The Balaban J connectivity index is 1.49. The maximum absolute atomic E-state index is 12.0. The minimum absolute atomic E-state index is 0.198. The van der Waals surface area contributed by atoms with Gasteiger partial charge in [-0.2, -0.15) is 5.26 Å². The maximum atomic E-state index is 12.0. The molecule has 0 bridgehead atoms. The van der Waals surface area contributed by atoms with E-state index in [0.29, 0.717) is 16.4 Å². The van der Waals surface area contributed by atoms with Gasteiger partial charge in [0.15, 0.2) is 10.9 Å². The highest BCUT2D eigenvalue weighted by atomic mass is 32.2. The van der Waals surface area contributed by atoms with Gasteiger partial charge in [-0.25, -0.2) is 0 Å². The first kappa shape index (κ1) is 17.4. The zero-order valence-electron chi connectivity index (χ0n) is 12.8. The fraction of sp³-hybridized carbons (Fsp3) is 0.125. The molecule has 3 rings (SSSR count). The number of thiophene rings is 1. The first-order valence-corrected chi connectivity index (χ1v) is 9.83. The number of carbonyl (C=O) groups is 1. The van der Waals surface area contributed by atoms with E-state index in [4.69, 9.17) is 10.00 Å². The van der Waals surface area contributed by atoms with Crippen LogP contribution in [0.1, 0.15) is 10.4 Å².